The number of aryl methyl sites for hydroxylation is 1. The normalized spacial score (nSPS) is 20.5. The molecule has 0 radical (unpaired) electrons. The standard InChI is InChI=1S/C12H15BrO2/c1-9-2-3-12(11(13)6-9)15-8-10-4-5-14-7-10/h2-3,6,10H,4-5,7-8H2,1H3. The van der Waals surface area contributed by atoms with Crippen LogP contribution in [0.1, 0.15) is 12.0 Å². The zero-order valence-electron chi connectivity index (χ0n) is 8.83. The van der Waals surface area contributed by atoms with Crippen LogP contribution in [0.2, 0.25) is 0 Å². The molecule has 1 aliphatic rings. The molecule has 15 heavy (non-hydrogen) atoms. The number of rotatable bonds is 3. The Balaban J connectivity index is 1.92. The second-order valence-electron chi connectivity index (χ2n) is 3.97. The molecule has 1 aromatic rings. The first-order valence-corrected chi connectivity index (χ1v) is 6.01. The van der Waals surface area contributed by atoms with Gasteiger partial charge in [-0.15, -0.1) is 0 Å². The van der Waals surface area contributed by atoms with E-state index in [2.05, 4.69) is 35.0 Å². The zero-order chi connectivity index (χ0) is 10.7. The van der Waals surface area contributed by atoms with Gasteiger partial charge in [0.05, 0.1) is 17.7 Å². The molecule has 2 nitrogen and oxygen atoms in total. The molecule has 2 rings (SSSR count). The third-order valence-corrected chi connectivity index (χ3v) is 3.21. The fraction of sp³-hybridized carbons (Fsp3) is 0.500. The highest BCUT2D eigenvalue weighted by molar-refractivity contribution is 9.10. The Morgan fingerprint density at radius 2 is 2.40 bits per heavy atom. The summed E-state index contributed by atoms with van der Waals surface area (Å²) in [6, 6.07) is 6.14. The minimum Gasteiger partial charge on any atom is -0.492 e. The SMILES string of the molecule is Cc1ccc(OCC2CCOC2)c(Br)c1. The summed E-state index contributed by atoms with van der Waals surface area (Å²) in [5, 5.41) is 0. The van der Waals surface area contributed by atoms with Crippen LogP contribution < -0.4 is 4.74 Å². The number of ether oxygens (including phenoxy) is 2. The van der Waals surface area contributed by atoms with E-state index in [1.165, 1.54) is 5.56 Å². The summed E-state index contributed by atoms with van der Waals surface area (Å²) in [7, 11) is 0. The highest BCUT2D eigenvalue weighted by atomic mass is 79.9. The molecule has 0 aliphatic carbocycles. The largest absolute Gasteiger partial charge is 0.492 e. The van der Waals surface area contributed by atoms with Crippen molar-refractivity contribution in [2.75, 3.05) is 19.8 Å². The maximum absolute atomic E-state index is 5.75. The molecule has 0 amide bonds. The molecule has 1 unspecified atom stereocenters. The van der Waals surface area contributed by atoms with E-state index in [-0.39, 0.29) is 0 Å². The molecule has 0 bridgehead atoms. The smallest absolute Gasteiger partial charge is 0.133 e. The van der Waals surface area contributed by atoms with Crippen LogP contribution in [0.4, 0.5) is 0 Å². The molecule has 82 valence electrons. The van der Waals surface area contributed by atoms with Crippen LogP contribution in [-0.4, -0.2) is 19.8 Å². The van der Waals surface area contributed by atoms with E-state index in [0.29, 0.717) is 5.92 Å². The minimum atomic E-state index is 0.554. The molecule has 1 aliphatic heterocycles. The molecule has 3 heteroatoms. The third-order valence-electron chi connectivity index (χ3n) is 2.59. The van der Waals surface area contributed by atoms with Gasteiger partial charge in [0.1, 0.15) is 5.75 Å². The Kier molecular flexibility index (Phi) is 3.65. The van der Waals surface area contributed by atoms with Gasteiger partial charge in [-0.25, -0.2) is 0 Å². The molecule has 0 saturated carbocycles. The fourth-order valence-electron chi connectivity index (χ4n) is 1.65. The molecule has 0 aromatic heterocycles. The monoisotopic (exact) mass is 270 g/mol. The van der Waals surface area contributed by atoms with Crippen LogP contribution >= 0.6 is 15.9 Å². The van der Waals surface area contributed by atoms with E-state index in [1.807, 2.05) is 6.07 Å². The van der Waals surface area contributed by atoms with E-state index in [9.17, 15) is 0 Å². The van der Waals surface area contributed by atoms with Gasteiger partial charge in [0.15, 0.2) is 0 Å². The van der Waals surface area contributed by atoms with Crippen molar-refractivity contribution in [3.8, 4) is 5.75 Å². The lowest BCUT2D eigenvalue weighted by atomic mass is 10.1. The lowest BCUT2D eigenvalue weighted by molar-refractivity contribution is 0.167. The van der Waals surface area contributed by atoms with Crippen LogP contribution in [0.3, 0.4) is 0 Å². The van der Waals surface area contributed by atoms with E-state index < -0.39 is 0 Å². The molecular formula is C12H15BrO2. The average Bonchev–Trinajstić information content (AvgIpc) is 2.69. The highest BCUT2D eigenvalue weighted by Crippen LogP contribution is 2.26. The van der Waals surface area contributed by atoms with Gasteiger partial charge in [-0.1, -0.05) is 6.07 Å². The van der Waals surface area contributed by atoms with E-state index in [1.54, 1.807) is 0 Å². The molecular weight excluding hydrogens is 256 g/mol. The van der Waals surface area contributed by atoms with Gasteiger partial charge in [-0.2, -0.15) is 0 Å². The van der Waals surface area contributed by atoms with Crippen molar-refractivity contribution in [3.05, 3.63) is 28.2 Å². The Hall–Kier alpha value is -0.540. The predicted octanol–water partition coefficient (Wildman–Crippen LogP) is 3.17. The Morgan fingerprint density at radius 1 is 1.53 bits per heavy atom. The summed E-state index contributed by atoms with van der Waals surface area (Å²) < 4.78 is 12.1. The first-order chi connectivity index (χ1) is 7.25. The van der Waals surface area contributed by atoms with Crippen LogP contribution in [0.25, 0.3) is 0 Å². The topological polar surface area (TPSA) is 18.5 Å². The van der Waals surface area contributed by atoms with Crippen LogP contribution in [-0.2, 0) is 4.74 Å². The quantitative estimate of drug-likeness (QED) is 0.840. The van der Waals surface area contributed by atoms with Gasteiger partial charge in [0.25, 0.3) is 0 Å². The number of halogens is 1. The summed E-state index contributed by atoms with van der Waals surface area (Å²) >= 11 is 3.50. The van der Waals surface area contributed by atoms with Gasteiger partial charge < -0.3 is 9.47 Å². The summed E-state index contributed by atoms with van der Waals surface area (Å²) in [5.74, 6) is 1.48. The van der Waals surface area contributed by atoms with Crippen molar-refractivity contribution in [3.63, 3.8) is 0 Å². The van der Waals surface area contributed by atoms with Crippen molar-refractivity contribution in [1.82, 2.24) is 0 Å². The summed E-state index contributed by atoms with van der Waals surface area (Å²) in [6.07, 6.45) is 1.11. The molecule has 1 fully saturated rings. The number of hydrogen-bond donors (Lipinski definition) is 0. The lowest BCUT2D eigenvalue weighted by Crippen LogP contribution is -2.11. The van der Waals surface area contributed by atoms with Crippen molar-refractivity contribution in [2.45, 2.75) is 13.3 Å². The van der Waals surface area contributed by atoms with Gasteiger partial charge in [0, 0.05) is 12.5 Å². The summed E-state index contributed by atoms with van der Waals surface area (Å²) in [6.45, 7) is 4.54. The first-order valence-electron chi connectivity index (χ1n) is 5.22. The average molecular weight is 271 g/mol. The number of benzene rings is 1. The van der Waals surface area contributed by atoms with Crippen LogP contribution in [0.15, 0.2) is 22.7 Å². The molecule has 1 saturated heterocycles. The minimum absolute atomic E-state index is 0.554. The molecule has 0 spiro atoms. The molecule has 1 heterocycles. The highest BCUT2D eigenvalue weighted by Gasteiger charge is 2.16. The van der Waals surface area contributed by atoms with Crippen molar-refractivity contribution >= 4 is 15.9 Å². The molecule has 1 aromatic carbocycles. The van der Waals surface area contributed by atoms with E-state index in [4.69, 9.17) is 9.47 Å². The fourth-order valence-corrected chi connectivity index (χ4v) is 2.25. The lowest BCUT2D eigenvalue weighted by Gasteiger charge is -2.11. The maximum atomic E-state index is 5.75. The first kappa shape index (κ1) is 11.0. The Labute approximate surface area is 98.7 Å². The zero-order valence-corrected chi connectivity index (χ0v) is 10.4. The van der Waals surface area contributed by atoms with Crippen molar-refractivity contribution in [1.29, 1.82) is 0 Å². The van der Waals surface area contributed by atoms with Crippen molar-refractivity contribution < 1.29 is 9.47 Å². The second kappa shape index (κ2) is 4.99. The Morgan fingerprint density at radius 3 is 3.07 bits per heavy atom. The van der Waals surface area contributed by atoms with Crippen molar-refractivity contribution in [2.24, 2.45) is 5.92 Å². The van der Waals surface area contributed by atoms with Gasteiger partial charge in [-0.3, -0.25) is 0 Å². The molecule has 0 N–H and O–H groups in total. The third kappa shape index (κ3) is 2.95. The summed E-state index contributed by atoms with van der Waals surface area (Å²) in [4.78, 5) is 0. The molecule has 1 atom stereocenters. The van der Waals surface area contributed by atoms with Gasteiger partial charge in [-0.05, 0) is 47.0 Å². The van der Waals surface area contributed by atoms with Gasteiger partial charge in [0.2, 0.25) is 0 Å². The van der Waals surface area contributed by atoms with E-state index in [0.717, 1.165) is 36.5 Å². The van der Waals surface area contributed by atoms with Crippen LogP contribution in [0, 0.1) is 12.8 Å². The van der Waals surface area contributed by atoms with Gasteiger partial charge >= 0.3 is 0 Å². The van der Waals surface area contributed by atoms with E-state index >= 15 is 0 Å². The maximum Gasteiger partial charge on any atom is 0.133 e. The second-order valence-corrected chi connectivity index (χ2v) is 4.83. The number of hydrogen-bond acceptors (Lipinski definition) is 2. The summed E-state index contributed by atoms with van der Waals surface area (Å²) in [5.41, 5.74) is 1.23. The predicted molar refractivity (Wildman–Crippen MR) is 63.3 cm³/mol. The van der Waals surface area contributed by atoms with Crippen LogP contribution in [0.5, 0.6) is 5.75 Å². The Bertz CT molecular complexity index is 332.